The Hall–Kier alpha value is -2.98. The van der Waals surface area contributed by atoms with Crippen molar-refractivity contribution >= 4 is 45.3 Å². The summed E-state index contributed by atoms with van der Waals surface area (Å²) in [7, 11) is 2.59. The van der Waals surface area contributed by atoms with Gasteiger partial charge in [-0.3, -0.25) is 9.59 Å². The van der Waals surface area contributed by atoms with E-state index in [2.05, 4.69) is 10.6 Å². The molecule has 2 aromatic carbocycles. The minimum Gasteiger partial charge on any atom is -0.480 e. The summed E-state index contributed by atoms with van der Waals surface area (Å²) in [5.74, 6) is -2.90. The molecule has 38 heavy (non-hydrogen) atoms. The lowest BCUT2D eigenvalue weighted by molar-refractivity contribution is -0.146. The zero-order valence-electron chi connectivity index (χ0n) is 21.0. The Morgan fingerprint density at radius 3 is 1.26 bits per heavy atom. The number of aliphatic carboxylic acids is 2. The summed E-state index contributed by atoms with van der Waals surface area (Å²) in [6.07, 6.45) is 6.51. The summed E-state index contributed by atoms with van der Waals surface area (Å²) in [5.41, 5.74) is -1.79. The lowest BCUT2D eigenvalue weighted by Gasteiger charge is -2.34. The molecule has 8 nitrogen and oxygen atoms in total. The van der Waals surface area contributed by atoms with Crippen LogP contribution in [-0.2, 0) is 9.59 Å². The van der Waals surface area contributed by atoms with Gasteiger partial charge in [0.15, 0.2) is 0 Å². The Morgan fingerprint density at radius 2 is 0.921 bits per heavy atom. The van der Waals surface area contributed by atoms with E-state index >= 15 is 0 Å². The summed E-state index contributed by atoms with van der Waals surface area (Å²) in [6, 6.07) is 13.9. The number of rotatable bonds is 9. The number of hydrogen-bond donors (Lipinski definition) is 4. The van der Waals surface area contributed by atoms with Crippen LogP contribution in [0.5, 0.6) is 0 Å². The molecule has 0 unspecified atom stereocenters. The van der Waals surface area contributed by atoms with E-state index in [0.29, 0.717) is 46.6 Å². The first-order valence-electron chi connectivity index (χ1n) is 12.9. The van der Waals surface area contributed by atoms with Crippen molar-refractivity contribution < 1.29 is 29.4 Å². The lowest BCUT2D eigenvalue weighted by atomic mass is 9.81. The molecule has 0 atom stereocenters. The predicted octanol–water partition coefficient (Wildman–Crippen LogP) is 5.52. The first-order chi connectivity index (χ1) is 18.3. The molecule has 0 radical (unpaired) electrons. The van der Waals surface area contributed by atoms with Crippen molar-refractivity contribution in [1.82, 2.24) is 10.6 Å². The van der Waals surface area contributed by atoms with Crippen LogP contribution in [0.2, 0.25) is 0 Å². The predicted molar refractivity (Wildman–Crippen MR) is 146 cm³/mol. The van der Waals surface area contributed by atoms with Gasteiger partial charge in [-0.25, -0.2) is 9.59 Å². The van der Waals surface area contributed by atoms with Gasteiger partial charge in [-0.15, -0.1) is 0 Å². The highest BCUT2D eigenvalue weighted by atomic mass is 33.1. The van der Waals surface area contributed by atoms with E-state index in [4.69, 9.17) is 0 Å². The quantitative estimate of drug-likeness (QED) is 0.297. The fraction of sp³-hybridized carbons (Fsp3) is 0.429. The average molecular weight is 557 g/mol. The molecule has 4 rings (SSSR count). The van der Waals surface area contributed by atoms with Crippen molar-refractivity contribution in [2.75, 3.05) is 0 Å². The first-order valence-corrected chi connectivity index (χ1v) is 15.1. The highest BCUT2D eigenvalue weighted by Crippen LogP contribution is 2.41. The highest BCUT2D eigenvalue weighted by molar-refractivity contribution is 8.76. The van der Waals surface area contributed by atoms with Crippen molar-refractivity contribution in [3.05, 3.63) is 59.7 Å². The molecule has 0 bridgehead atoms. The van der Waals surface area contributed by atoms with Crippen LogP contribution in [0, 0.1) is 0 Å². The monoisotopic (exact) mass is 556 g/mol. The number of carbonyl (C=O) groups excluding carboxylic acids is 2. The SMILES string of the molecule is O=C(NC1(C(=O)O)CCCCC1)c1ccccc1SSc1ccccc1C(=O)NC1(C(=O)O)CCCCC1. The third-order valence-corrected chi connectivity index (χ3v) is 9.90. The largest absolute Gasteiger partial charge is 0.480 e. The van der Waals surface area contributed by atoms with Gasteiger partial charge in [0.2, 0.25) is 0 Å². The van der Waals surface area contributed by atoms with Crippen LogP contribution in [0.1, 0.15) is 84.9 Å². The van der Waals surface area contributed by atoms with E-state index in [1.807, 2.05) is 0 Å². The van der Waals surface area contributed by atoms with Crippen molar-refractivity contribution in [2.24, 2.45) is 0 Å². The Bertz CT molecular complexity index is 1110. The summed E-state index contributed by atoms with van der Waals surface area (Å²) in [6.45, 7) is 0. The minimum absolute atomic E-state index is 0.366. The third-order valence-electron chi connectivity index (χ3n) is 7.42. The Kier molecular flexibility index (Phi) is 9.04. The zero-order valence-corrected chi connectivity index (χ0v) is 22.7. The van der Waals surface area contributed by atoms with Crippen LogP contribution in [0.4, 0.5) is 0 Å². The second kappa shape index (κ2) is 12.3. The first kappa shape index (κ1) is 28.0. The third kappa shape index (κ3) is 6.18. The van der Waals surface area contributed by atoms with Gasteiger partial charge in [0.05, 0.1) is 11.1 Å². The summed E-state index contributed by atoms with van der Waals surface area (Å²) in [4.78, 5) is 51.8. The van der Waals surface area contributed by atoms with Gasteiger partial charge in [0.25, 0.3) is 11.8 Å². The van der Waals surface area contributed by atoms with Gasteiger partial charge in [-0.1, -0.05) is 84.4 Å². The van der Waals surface area contributed by atoms with Gasteiger partial charge < -0.3 is 20.8 Å². The number of carboxylic acid groups (broad SMARTS) is 2. The normalized spacial score (nSPS) is 18.2. The molecule has 2 fully saturated rings. The summed E-state index contributed by atoms with van der Waals surface area (Å²) in [5, 5.41) is 25.3. The van der Waals surface area contributed by atoms with E-state index in [0.717, 1.165) is 38.5 Å². The Labute approximate surface area is 229 Å². The molecule has 0 aromatic heterocycles. The number of carbonyl (C=O) groups is 4. The topological polar surface area (TPSA) is 133 Å². The Balaban J connectivity index is 1.50. The number of nitrogens with one attached hydrogen (secondary N) is 2. The van der Waals surface area contributed by atoms with E-state index in [1.165, 1.54) is 21.6 Å². The van der Waals surface area contributed by atoms with E-state index in [-0.39, 0.29) is 0 Å². The molecule has 2 aliphatic carbocycles. The standard InChI is InChI=1S/C28H32N2O6S2/c31-23(29-27(25(33)34)15-7-1-8-16-27)19-11-3-5-13-21(19)37-38-22-14-6-4-12-20(22)24(32)30-28(26(35)36)17-9-2-10-18-28/h3-6,11-14H,1-2,7-10,15-18H2,(H,29,31)(H,30,32)(H,33,34)(H,35,36). The van der Waals surface area contributed by atoms with Crippen LogP contribution in [0.15, 0.2) is 58.3 Å². The number of amides is 2. The number of hydrogen-bond acceptors (Lipinski definition) is 6. The zero-order chi connectivity index (χ0) is 27.2. The van der Waals surface area contributed by atoms with Gasteiger partial charge >= 0.3 is 11.9 Å². The van der Waals surface area contributed by atoms with Crippen LogP contribution < -0.4 is 10.6 Å². The Morgan fingerprint density at radius 1 is 0.579 bits per heavy atom. The number of benzene rings is 2. The molecule has 202 valence electrons. The molecule has 2 aromatic rings. The fourth-order valence-electron chi connectivity index (χ4n) is 5.21. The molecular weight excluding hydrogens is 524 g/mol. The smallest absolute Gasteiger partial charge is 0.329 e. The van der Waals surface area contributed by atoms with Crippen LogP contribution in [0.3, 0.4) is 0 Å². The van der Waals surface area contributed by atoms with Crippen molar-refractivity contribution in [3.63, 3.8) is 0 Å². The van der Waals surface area contributed by atoms with Gasteiger partial charge in [-0.2, -0.15) is 0 Å². The molecule has 0 spiro atoms. The van der Waals surface area contributed by atoms with E-state index < -0.39 is 34.8 Å². The van der Waals surface area contributed by atoms with Gasteiger partial charge in [0.1, 0.15) is 11.1 Å². The maximum absolute atomic E-state index is 13.2. The average Bonchev–Trinajstić information content (AvgIpc) is 2.93. The molecule has 2 saturated carbocycles. The minimum atomic E-state index is -1.26. The molecule has 2 aliphatic rings. The molecule has 0 saturated heterocycles. The number of carboxylic acids is 2. The maximum Gasteiger partial charge on any atom is 0.329 e. The highest BCUT2D eigenvalue weighted by Gasteiger charge is 2.42. The molecule has 10 heteroatoms. The van der Waals surface area contributed by atoms with Gasteiger partial charge in [-0.05, 0) is 49.9 Å². The molecule has 4 N–H and O–H groups in total. The maximum atomic E-state index is 13.2. The second-order valence-corrected chi connectivity index (χ2v) is 12.2. The molecular formula is C28H32N2O6S2. The molecule has 2 amide bonds. The van der Waals surface area contributed by atoms with Crippen LogP contribution in [-0.4, -0.2) is 45.0 Å². The van der Waals surface area contributed by atoms with Crippen LogP contribution >= 0.6 is 21.6 Å². The van der Waals surface area contributed by atoms with Crippen LogP contribution in [0.25, 0.3) is 0 Å². The molecule has 0 aliphatic heterocycles. The van der Waals surface area contributed by atoms with Crippen molar-refractivity contribution in [3.8, 4) is 0 Å². The lowest BCUT2D eigenvalue weighted by Crippen LogP contribution is -2.55. The molecule has 0 heterocycles. The van der Waals surface area contributed by atoms with E-state index in [9.17, 15) is 29.4 Å². The van der Waals surface area contributed by atoms with E-state index in [1.54, 1.807) is 48.5 Å². The van der Waals surface area contributed by atoms with Crippen molar-refractivity contribution in [1.29, 1.82) is 0 Å². The fourth-order valence-corrected chi connectivity index (χ4v) is 7.57. The van der Waals surface area contributed by atoms with Crippen molar-refractivity contribution in [2.45, 2.75) is 85.1 Å². The summed E-state index contributed by atoms with van der Waals surface area (Å²) < 4.78 is 0. The second-order valence-electron chi connectivity index (χ2n) is 9.96. The van der Waals surface area contributed by atoms with Gasteiger partial charge in [0, 0.05) is 9.79 Å². The summed E-state index contributed by atoms with van der Waals surface area (Å²) >= 11 is 0.